The molecule has 2 N–H and O–H groups in total. The molecule has 1 saturated heterocycles. The lowest BCUT2D eigenvalue weighted by Gasteiger charge is -2.38. The highest BCUT2D eigenvalue weighted by Crippen LogP contribution is 2.24. The van der Waals surface area contributed by atoms with Crippen molar-refractivity contribution in [3.63, 3.8) is 0 Å². The van der Waals surface area contributed by atoms with Crippen LogP contribution in [0.5, 0.6) is 0 Å². The summed E-state index contributed by atoms with van der Waals surface area (Å²) in [7, 11) is 0. The summed E-state index contributed by atoms with van der Waals surface area (Å²) < 4.78 is 0. The minimum atomic E-state index is -0.440. The van der Waals surface area contributed by atoms with Crippen molar-refractivity contribution in [2.24, 2.45) is 5.92 Å². The first-order valence-corrected chi connectivity index (χ1v) is 10.9. The third-order valence-electron chi connectivity index (χ3n) is 5.71. The Hall–Kier alpha value is -3.18. The Bertz CT molecular complexity index is 980. The third kappa shape index (κ3) is 5.50. The first-order chi connectivity index (χ1) is 15.1. The number of rotatable bonds is 8. The Kier molecular flexibility index (Phi) is 6.63. The summed E-state index contributed by atoms with van der Waals surface area (Å²) in [6, 6.07) is 21.8. The van der Waals surface area contributed by atoms with E-state index >= 15 is 0 Å². The van der Waals surface area contributed by atoms with Gasteiger partial charge in [0.15, 0.2) is 0 Å². The van der Waals surface area contributed by atoms with Gasteiger partial charge in [0, 0.05) is 19.6 Å². The molecule has 5 nitrogen and oxygen atoms in total. The summed E-state index contributed by atoms with van der Waals surface area (Å²) >= 11 is 0. The normalized spacial score (nSPS) is 14.7. The minimum absolute atomic E-state index is 0.104. The van der Waals surface area contributed by atoms with E-state index in [1.54, 1.807) is 0 Å². The van der Waals surface area contributed by atoms with E-state index < -0.39 is 6.04 Å². The van der Waals surface area contributed by atoms with E-state index in [2.05, 4.69) is 58.6 Å². The molecule has 2 aromatic carbocycles. The van der Waals surface area contributed by atoms with Crippen molar-refractivity contribution in [1.82, 2.24) is 10.3 Å². The number of carbonyl (C=O) groups is 1. The molecule has 0 bridgehead atoms. The molecule has 0 radical (unpaired) electrons. The number of pyridine rings is 1. The van der Waals surface area contributed by atoms with Gasteiger partial charge in [-0.1, -0.05) is 67.1 Å². The Morgan fingerprint density at radius 3 is 2.45 bits per heavy atom. The second-order valence-corrected chi connectivity index (χ2v) is 8.43. The van der Waals surface area contributed by atoms with Crippen LogP contribution in [0.25, 0.3) is 0 Å². The van der Waals surface area contributed by atoms with Crippen LogP contribution in [0.2, 0.25) is 0 Å². The molecule has 0 unspecified atom stereocenters. The zero-order chi connectivity index (χ0) is 21.6. The quantitative estimate of drug-likeness (QED) is 0.575. The highest BCUT2D eigenvalue weighted by Gasteiger charge is 2.23. The van der Waals surface area contributed by atoms with E-state index in [0.717, 1.165) is 36.7 Å². The van der Waals surface area contributed by atoms with E-state index in [0.29, 0.717) is 12.4 Å². The molecule has 1 aromatic heterocycles. The van der Waals surface area contributed by atoms with Crippen molar-refractivity contribution in [3.05, 3.63) is 89.6 Å². The van der Waals surface area contributed by atoms with Crippen molar-refractivity contribution >= 4 is 17.4 Å². The lowest BCUT2D eigenvalue weighted by Crippen LogP contribution is -2.45. The molecule has 0 spiro atoms. The fourth-order valence-corrected chi connectivity index (χ4v) is 3.88. The molecule has 3 aromatic rings. The molecule has 160 valence electrons. The van der Waals surface area contributed by atoms with Crippen molar-refractivity contribution in [1.29, 1.82) is 0 Å². The average molecular weight is 415 g/mol. The number of hydrogen-bond donors (Lipinski definition) is 2. The van der Waals surface area contributed by atoms with Crippen LogP contribution < -0.4 is 15.5 Å². The van der Waals surface area contributed by atoms with Gasteiger partial charge in [-0.2, -0.15) is 0 Å². The van der Waals surface area contributed by atoms with Gasteiger partial charge in [-0.05, 0) is 42.5 Å². The third-order valence-corrected chi connectivity index (χ3v) is 5.71. The van der Waals surface area contributed by atoms with Gasteiger partial charge in [0.25, 0.3) is 0 Å². The van der Waals surface area contributed by atoms with Gasteiger partial charge in [0.05, 0.1) is 11.9 Å². The molecule has 0 saturated carbocycles. The predicted molar refractivity (Wildman–Crippen MR) is 126 cm³/mol. The number of amides is 1. The molecule has 5 heteroatoms. The fraction of sp³-hybridized carbons (Fsp3) is 0.308. The molecule has 1 fully saturated rings. The molecular weight excluding hydrogens is 384 g/mol. The van der Waals surface area contributed by atoms with Gasteiger partial charge in [0.1, 0.15) is 11.9 Å². The average Bonchev–Trinajstić information content (AvgIpc) is 2.77. The first-order valence-electron chi connectivity index (χ1n) is 10.9. The Labute approximate surface area is 184 Å². The topological polar surface area (TPSA) is 57.3 Å². The van der Waals surface area contributed by atoms with Crippen LogP contribution in [0, 0.1) is 12.8 Å². The maximum absolute atomic E-state index is 13.1. The van der Waals surface area contributed by atoms with Crippen LogP contribution >= 0.6 is 0 Å². The molecule has 1 aliphatic rings. The van der Waals surface area contributed by atoms with E-state index in [1.165, 1.54) is 11.1 Å². The highest BCUT2D eigenvalue weighted by molar-refractivity contribution is 5.94. The lowest BCUT2D eigenvalue weighted by molar-refractivity contribution is -0.118. The maximum atomic E-state index is 13.1. The molecule has 4 rings (SSSR count). The van der Waals surface area contributed by atoms with Crippen LogP contribution in [0.3, 0.4) is 0 Å². The summed E-state index contributed by atoms with van der Waals surface area (Å²) in [6.45, 7) is 7.16. The van der Waals surface area contributed by atoms with Crippen molar-refractivity contribution in [3.8, 4) is 0 Å². The molecular formula is C26H30N4O. The minimum Gasteiger partial charge on any atom is -0.370 e. The van der Waals surface area contributed by atoms with Crippen LogP contribution in [0.4, 0.5) is 11.5 Å². The maximum Gasteiger partial charge on any atom is 0.247 e. The van der Waals surface area contributed by atoms with Gasteiger partial charge in [0.2, 0.25) is 5.91 Å². The molecule has 1 atom stereocenters. The second-order valence-electron chi connectivity index (χ2n) is 8.43. The highest BCUT2D eigenvalue weighted by atomic mass is 16.2. The largest absolute Gasteiger partial charge is 0.370 e. The van der Waals surface area contributed by atoms with Gasteiger partial charge < -0.3 is 15.5 Å². The van der Waals surface area contributed by atoms with E-state index in [9.17, 15) is 4.79 Å². The van der Waals surface area contributed by atoms with Gasteiger partial charge >= 0.3 is 0 Å². The summed E-state index contributed by atoms with van der Waals surface area (Å²) in [6.07, 6.45) is 2.70. The molecule has 2 heterocycles. The Morgan fingerprint density at radius 2 is 1.81 bits per heavy atom. The Balaban J connectivity index is 1.39. The van der Waals surface area contributed by atoms with Gasteiger partial charge in [-0.3, -0.25) is 4.79 Å². The van der Waals surface area contributed by atoms with Crippen molar-refractivity contribution in [2.45, 2.75) is 26.3 Å². The Morgan fingerprint density at radius 1 is 1.06 bits per heavy atom. The number of benzene rings is 2. The number of nitrogens with zero attached hydrogens (tertiary/aromatic N) is 2. The SMILES string of the molecule is Cc1ccc(CCN[C@@H](C(=O)Nc2ccc(N3CC(C)C3)cn2)c2ccccc2)cc1. The summed E-state index contributed by atoms with van der Waals surface area (Å²) in [5.74, 6) is 1.20. The number of aromatic nitrogens is 1. The van der Waals surface area contributed by atoms with Crippen LogP contribution in [-0.2, 0) is 11.2 Å². The van der Waals surface area contributed by atoms with Crippen molar-refractivity contribution < 1.29 is 4.79 Å². The van der Waals surface area contributed by atoms with E-state index in [4.69, 9.17) is 0 Å². The molecule has 1 aliphatic heterocycles. The van der Waals surface area contributed by atoms with Crippen LogP contribution in [0.1, 0.15) is 29.7 Å². The number of nitrogens with one attached hydrogen (secondary N) is 2. The summed E-state index contributed by atoms with van der Waals surface area (Å²) in [5, 5.41) is 6.40. The smallest absolute Gasteiger partial charge is 0.247 e. The van der Waals surface area contributed by atoms with Gasteiger partial charge in [-0.25, -0.2) is 4.98 Å². The second kappa shape index (κ2) is 9.75. The standard InChI is InChI=1S/C26H30N4O/c1-19-8-10-21(11-9-19)14-15-27-25(22-6-4-3-5-7-22)26(31)29-24-13-12-23(16-28-24)30-17-20(2)18-30/h3-13,16,20,25,27H,14-15,17-18H2,1-2H3,(H,28,29,31)/t25-/m1/s1. The predicted octanol–water partition coefficient (Wildman–Crippen LogP) is 4.36. The molecule has 31 heavy (non-hydrogen) atoms. The number of carbonyl (C=O) groups excluding carboxylic acids is 1. The van der Waals surface area contributed by atoms with Gasteiger partial charge in [-0.15, -0.1) is 0 Å². The zero-order valence-electron chi connectivity index (χ0n) is 18.2. The zero-order valence-corrected chi connectivity index (χ0v) is 18.2. The lowest BCUT2D eigenvalue weighted by atomic mass is 10.0. The first kappa shape index (κ1) is 21.1. The van der Waals surface area contributed by atoms with Crippen molar-refractivity contribution in [2.75, 3.05) is 29.9 Å². The van der Waals surface area contributed by atoms with Crippen LogP contribution in [0.15, 0.2) is 72.9 Å². The summed E-state index contributed by atoms with van der Waals surface area (Å²) in [5.41, 5.74) is 4.55. The van der Waals surface area contributed by atoms with Crippen LogP contribution in [-0.4, -0.2) is 30.5 Å². The fourth-order valence-electron chi connectivity index (χ4n) is 3.88. The number of aryl methyl sites for hydroxylation is 1. The molecule has 1 amide bonds. The summed E-state index contributed by atoms with van der Waals surface area (Å²) in [4.78, 5) is 19.9. The van der Waals surface area contributed by atoms with E-state index in [-0.39, 0.29) is 5.91 Å². The molecule has 0 aliphatic carbocycles. The number of anilines is 2. The number of hydrogen-bond acceptors (Lipinski definition) is 4. The monoisotopic (exact) mass is 414 g/mol. The van der Waals surface area contributed by atoms with E-state index in [1.807, 2.05) is 48.7 Å².